The van der Waals surface area contributed by atoms with Gasteiger partial charge in [0.2, 0.25) is 0 Å². The average Bonchev–Trinajstić information content (AvgIpc) is 2.34. The summed E-state index contributed by atoms with van der Waals surface area (Å²) in [6.45, 7) is 7.52. The van der Waals surface area contributed by atoms with Crippen molar-refractivity contribution in [3.05, 3.63) is 28.8 Å². The highest BCUT2D eigenvalue weighted by atomic mass is 16.5. The fourth-order valence-corrected chi connectivity index (χ4v) is 2.09. The van der Waals surface area contributed by atoms with E-state index in [1.807, 2.05) is 19.9 Å². The Hall–Kier alpha value is -1.55. The Bertz CT molecular complexity index is 443. The van der Waals surface area contributed by atoms with Crippen molar-refractivity contribution in [3.63, 3.8) is 0 Å². The summed E-state index contributed by atoms with van der Waals surface area (Å²) in [5.41, 5.74) is 3.60. The van der Waals surface area contributed by atoms with Crippen molar-refractivity contribution in [3.8, 4) is 5.75 Å². The molecule has 106 valence electrons. The third kappa shape index (κ3) is 4.56. The molecular formula is C15H23NO3. The second-order valence-electron chi connectivity index (χ2n) is 5.01. The number of rotatable bonds is 7. The fraction of sp³-hybridized carbons (Fsp3) is 0.533. The molecule has 1 unspecified atom stereocenters. The smallest absolute Gasteiger partial charge is 0.303 e. The first-order valence-electron chi connectivity index (χ1n) is 6.51. The van der Waals surface area contributed by atoms with Gasteiger partial charge < -0.3 is 15.2 Å². The topological polar surface area (TPSA) is 58.6 Å². The van der Waals surface area contributed by atoms with Gasteiger partial charge in [-0.3, -0.25) is 4.79 Å². The molecule has 0 saturated heterocycles. The minimum absolute atomic E-state index is 0.136. The maximum absolute atomic E-state index is 10.6. The number of aliphatic carboxylic acids is 1. The van der Waals surface area contributed by atoms with E-state index in [9.17, 15) is 4.79 Å². The van der Waals surface area contributed by atoms with E-state index in [-0.39, 0.29) is 12.3 Å². The van der Waals surface area contributed by atoms with Gasteiger partial charge in [0, 0.05) is 13.0 Å². The highest BCUT2D eigenvalue weighted by molar-refractivity contribution is 5.66. The summed E-state index contributed by atoms with van der Waals surface area (Å²) < 4.78 is 5.28. The third-order valence-corrected chi connectivity index (χ3v) is 3.40. The van der Waals surface area contributed by atoms with Gasteiger partial charge in [-0.25, -0.2) is 0 Å². The molecule has 0 aromatic heterocycles. The van der Waals surface area contributed by atoms with Gasteiger partial charge in [0.05, 0.1) is 7.11 Å². The molecular weight excluding hydrogens is 242 g/mol. The fourth-order valence-electron chi connectivity index (χ4n) is 2.09. The first-order valence-corrected chi connectivity index (χ1v) is 6.51. The van der Waals surface area contributed by atoms with Gasteiger partial charge in [-0.05, 0) is 49.1 Å². The van der Waals surface area contributed by atoms with E-state index in [4.69, 9.17) is 9.84 Å². The summed E-state index contributed by atoms with van der Waals surface area (Å²) in [5, 5.41) is 12.0. The molecule has 1 rings (SSSR count). The van der Waals surface area contributed by atoms with Gasteiger partial charge in [0.25, 0.3) is 0 Å². The van der Waals surface area contributed by atoms with Crippen LogP contribution in [0.15, 0.2) is 12.1 Å². The van der Waals surface area contributed by atoms with E-state index in [1.165, 1.54) is 11.1 Å². The van der Waals surface area contributed by atoms with Gasteiger partial charge in [0.1, 0.15) is 5.75 Å². The maximum atomic E-state index is 10.6. The average molecular weight is 265 g/mol. The Balaban J connectivity index is 2.54. The molecule has 0 radical (unpaired) electrons. The molecule has 0 aliphatic rings. The van der Waals surface area contributed by atoms with Crippen molar-refractivity contribution in [2.45, 2.75) is 33.7 Å². The lowest BCUT2D eigenvalue weighted by atomic mass is 10.0. The summed E-state index contributed by atoms with van der Waals surface area (Å²) in [6.07, 6.45) is 0.202. The molecule has 0 aliphatic carbocycles. The van der Waals surface area contributed by atoms with Crippen LogP contribution in [0.3, 0.4) is 0 Å². The Kier molecular flexibility index (Phi) is 5.83. The molecule has 4 heteroatoms. The van der Waals surface area contributed by atoms with Crippen molar-refractivity contribution in [1.82, 2.24) is 5.32 Å². The third-order valence-electron chi connectivity index (χ3n) is 3.40. The summed E-state index contributed by atoms with van der Waals surface area (Å²) in [6, 6.07) is 4.02. The van der Waals surface area contributed by atoms with Crippen LogP contribution in [0.4, 0.5) is 0 Å². The van der Waals surface area contributed by atoms with Crippen molar-refractivity contribution in [1.29, 1.82) is 0 Å². The van der Waals surface area contributed by atoms with Crippen molar-refractivity contribution in [2.24, 2.45) is 5.92 Å². The molecule has 1 aromatic carbocycles. The number of ether oxygens (including phenoxy) is 1. The lowest BCUT2D eigenvalue weighted by Crippen LogP contribution is -2.23. The number of nitrogens with one attached hydrogen (secondary N) is 1. The van der Waals surface area contributed by atoms with Crippen LogP contribution < -0.4 is 10.1 Å². The van der Waals surface area contributed by atoms with E-state index in [0.717, 1.165) is 17.9 Å². The minimum atomic E-state index is -0.745. The molecule has 1 aromatic rings. The van der Waals surface area contributed by atoms with Gasteiger partial charge in [-0.15, -0.1) is 0 Å². The maximum Gasteiger partial charge on any atom is 0.303 e. The van der Waals surface area contributed by atoms with Crippen LogP contribution in [0.1, 0.15) is 30.0 Å². The standard InChI is InChI=1S/C15H23NO3/c1-10(7-15(17)18)8-16-9-13-5-6-14(19-4)12(3)11(13)2/h5-6,10,16H,7-9H2,1-4H3,(H,17,18). The highest BCUT2D eigenvalue weighted by Crippen LogP contribution is 2.23. The van der Waals surface area contributed by atoms with Crippen molar-refractivity contribution >= 4 is 5.97 Å². The Morgan fingerprint density at radius 2 is 2.05 bits per heavy atom. The summed E-state index contributed by atoms with van der Waals surface area (Å²) in [7, 11) is 1.67. The number of benzene rings is 1. The Labute approximate surface area is 114 Å². The first kappa shape index (κ1) is 15.5. The van der Waals surface area contributed by atoms with Crippen LogP contribution >= 0.6 is 0 Å². The molecule has 19 heavy (non-hydrogen) atoms. The van der Waals surface area contributed by atoms with E-state index in [0.29, 0.717) is 6.54 Å². The Morgan fingerprint density at radius 3 is 2.63 bits per heavy atom. The molecule has 2 N–H and O–H groups in total. The van der Waals surface area contributed by atoms with Crippen LogP contribution in [0, 0.1) is 19.8 Å². The van der Waals surface area contributed by atoms with E-state index < -0.39 is 5.97 Å². The van der Waals surface area contributed by atoms with Gasteiger partial charge in [0.15, 0.2) is 0 Å². The molecule has 4 nitrogen and oxygen atoms in total. The zero-order chi connectivity index (χ0) is 14.4. The molecule has 0 heterocycles. The second-order valence-corrected chi connectivity index (χ2v) is 5.01. The van der Waals surface area contributed by atoms with Crippen LogP contribution in [0.2, 0.25) is 0 Å². The number of hydrogen-bond donors (Lipinski definition) is 2. The second kappa shape index (κ2) is 7.14. The SMILES string of the molecule is COc1ccc(CNCC(C)CC(=O)O)c(C)c1C. The van der Waals surface area contributed by atoms with Gasteiger partial charge >= 0.3 is 5.97 Å². The van der Waals surface area contributed by atoms with Crippen LogP contribution in [0.5, 0.6) is 5.75 Å². The van der Waals surface area contributed by atoms with Crippen LogP contribution in [-0.4, -0.2) is 24.7 Å². The predicted octanol–water partition coefficient (Wildman–Crippen LogP) is 2.51. The normalized spacial score (nSPS) is 12.2. The van der Waals surface area contributed by atoms with Crippen LogP contribution in [-0.2, 0) is 11.3 Å². The summed E-state index contributed by atoms with van der Waals surface area (Å²) >= 11 is 0. The number of carboxylic acid groups (broad SMARTS) is 1. The molecule has 1 atom stereocenters. The van der Waals surface area contributed by atoms with E-state index >= 15 is 0 Å². The number of carboxylic acids is 1. The molecule has 0 fully saturated rings. The quantitative estimate of drug-likeness (QED) is 0.795. The monoisotopic (exact) mass is 265 g/mol. The zero-order valence-electron chi connectivity index (χ0n) is 12.1. The molecule has 0 bridgehead atoms. The van der Waals surface area contributed by atoms with Crippen molar-refractivity contribution < 1.29 is 14.6 Å². The molecule has 0 saturated carbocycles. The van der Waals surface area contributed by atoms with Crippen molar-refractivity contribution in [2.75, 3.05) is 13.7 Å². The summed E-state index contributed by atoms with van der Waals surface area (Å²) in [5.74, 6) is 0.295. The molecule has 0 amide bonds. The minimum Gasteiger partial charge on any atom is -0.496 e. The largest absolute Gasteiger partial charge is 0.496 e. The number of hydrogen-bond acceptors (Lipinski definition) is 3. The highest BCUT2D eigenvalue weighted by Gasteiger charge is 2.09. The Morgan fingerprint density at radius 1 is 1.37 bits per heavy atom. The van der Waals surface area contributed by atoms with Crippen LogP contribution in [0.25, 0.3) is 0 Å². The number of methoxy groups -OCH3 is 1. The summed E-state index contributed by atoms with van der Waals surface area (Å²) in [4.78, 5) is 10.6. The van der Waals surface area contributed by atoms with Gasteiger partial charge in [-0.1, -0.05) is 13.0 Å². The molecule has 0 spiro atoms. The zero-order valence-corrected chi connectivity index (χ0v) is 12.1. The van der Waals surface area contributed by atoms with Gasteiger partial charge in [-0.2, -0.15) is 0 Å². The van der Waals surface area contributed by atoms with E-state index in [1.54, 1.807) is 7.11 Å². The lowest BCUT2D eigenvalue weighted by molar-refractivity contribution is -0.137. The first-order chi connectivity index (χ1) is 8.95. The van der Waals surface area contributed by atoms with E-state index in [2.05, 4.69) is 18.3 Å². The number of carbonyl (C=O) groups is 1. The molecule has 0 aliphatic heterocycles. The predicted molar refractivity (Wildman–Crippen MR) is 75.6 cm³/mol. The lowest BCUT2D eigenvalue weighted by Gasteiger charge is -2.14.